The van der Waals surface area contributed by atoms with Gasteiger partial charge in [0.15, 0.2) is 7.28 Å². The van der Waals surface area contributed by atoms with Crippen LogP contribution in [0.25, 0.3) is 0 Å². The topological polar surface area (TPSA) is 6.48 Å². The van der Waals surface area contributed by atoms with Gasteiger partial charge in [-0.05, 0) is 91.9 Å². The van der Waals surface area contributed by atoms with Gasteiger partial charge in [0.05, 0.1) is 16.5 Å². The highest BCUT2D eigenvalue weighted by Gasteiger charge is 2.43. The smallest absolute Gasteiger partial charge is 0.199 e. The Balaban J connectivity index is 1.09. The van der Waals surface area contributed by atoms with E-state index in [-0.39, 0.29) is 0 Å². The monoisotopic (exact) mass is 919 g/mol. The summed E-state index contributed by atoms with van der Waals surface area (Å²) in [6.07, 6.45) is 0. The average molecular weight is 920 g/mol. The van der Waals surface area contributed by atoms with Crippen LogP contribution in [-0.4, -0.2) is 7.28 Å². The summed E-state index contributed by atoms with van der Waals surface area (Å²) >= 11 is 0. The summed E-state index contributed by atoms with van der Waals surface area (Å²) in [7, 11) is 2.40. The molecule has 341 valence electrons. The van der Waals surface area contributed by atoms with E-state index in [9.17, 15) is 0 Å². The lowest BCUT2D eigenvalue weighted by Gasteiger charge is -2.42. The number of fused-ring (bicyclic) bond motifs is 2. The van der Waals surface area contributed by atoms with Crippen molar-refractivity contribution in [1.29, 1.82) is 0 Å². The quantitative estimate of drug-likeness (QED) is 0.0840. The van der Waals surface area contributed by atoms with Gasteiger partial charge in [0, 0.05) is 29.3 Å². The fourth-order valence-electron chi connectivity index (χ4n) is 11.6. The standard InChI is InChI=1S/C69H52BN2/c1-8-30-53(31-9-1)68(54-32-10-2-11-33-54,55-34-12-3-13-35-55)60-44-23-22-29-52(60)51-71(59-42-20-7-21-43-59)65-49-28-50-66-67(65)70-62-46-25-27-48-64(62)72(66)63-47-26-24-45-61(63)69(56-36-14-4-15-37-56,57-38-16-5-17-39-57)58-40-18-6-19-41-58/h1-50H,51H2. The molecule has 0 saturated heterocycles. The zero-order chi connectivity index (χ0) is 48.2. The first-order valence-corrected chi connectivity index (χ1v) is 25.0. The van der Waals surface area contributed by atoms with Crippen molar-refractivity contribution in [3.8, 4) is 0 Å². The van der Waals surface area contributed by atoms with Crippen LogP contribution in [-0.2, 0) is 17.4 Å². The third-order valence-corrected chi connectivity index (χ3v) is 14.7. The van der Waals surface area contributed by atoms with Crippen LogP contribution in [0.4, 0.5) is 28.4 Å². The number of anilines is 5. The summed E-state index contributed by atoms with van der Waals surface area (Å²) in [5.41, 5.74) is 17.5. The molecule has 1 radical (unpaired) electrons. The molecule has 0 N–H and O–H groups in total. The Morgan fingerprint density at radius 3 is 1.15 bits per heavy atom. The minimum atomic E-state index is -0.670. The maximum atomic E-state index is 2.53. The molecule has 72 heavy (non-hydrogen) atoms. The lowest BCUT2D eigenvalue weighted by molar-refractivity contribution is 0.728. The summed E-state index contributed by atoms with van der Waals surface area (Å²) < 4.78 is 0. The Kier molecular flexibility index (Phi) is 12.0. The molecule has 0 amide bonds. The van der Waals surface area contributed by atoms with E-state index in [1.165, 1.54) is 50.1 Å². The van der Waals surface area contributed by atoms with Crippen molar-refractivity contribution < 1.29 is 0 Å². The Labute approximate surface area is 425 Å². The first-order valence-electron chi connectivity index (χ1n) is 25.0. The van der Waals surface area contributed by atoms with Gasteiger partial charge in [-0.3, -0.25) is 0 Å². The second kappa shape index (κ2) is 19.5. The number of benzene rings is 11. The summed E-state index contributed by atoms with van der Waals surface area (Å²) in [5.74, 6) is 0. The van der Waals surface area contributed by atoms with Gasteiger partial charge in [-0.25, -0.2) is 0 Å². The molecule has 11 aromatic rings. The Hall–Kier alpha value is -8.92. The van der Waals surface area contributed by atoms with Crippen molar-refractivity contribution >= 4 is 46.6 Å². The maximum absolute atomic E-state index is 2.53. The van der Waals surface area contributed by atoms with Crippen molar-refractivity contribution in [2.45, 2.75) is 17.4 Å². The van der Waals surface area contributed by atoms with Crippen LogP contribution in [0.15, 0.2) is 303 Å². The molecule has 0 aromatic heterocycles. The van der Waals surface area contributed by atoms with E-state index in [0.717, 1.165) is 39.4 Å². The van der Waals surface area contributed by atoms with E-state index in [0.29, 0.717) is 6.54 Å². The summed E-state index contributed by atoms with van der Waals surface area (Å²) in [5, 5.41) is 0. The number of para-hydroxylation sites is 3. The van der Waals surface area contributed by atoms with E-state index in [2.05, 4.69) is 320 Å². The average Bonchev–Trinajstić information content (AvgIpc) is 3.47. The Morgan fingerprint density at radius 2 is 0.667 bits per heavy atom. The predicted octanol–water partition coefficient (Wildman–Crippen LogP) is 15.2. The van der Waals surface area contributed by atoms with Gasteiger partial charge in [0.1, 0.15) is 0 Å². The summed E-state index contributed by atoms with van der Waals surface area (Å²) in [4.78, 5) is 5.05. The van der Waals surface area contributed by atoms with E-state index in [1.807, 2.05) is 0 Å². The maximum Gasteiger partial charge on any atom is 0.199 e. The van der Waals surface area contributed by atoms with Gasteiger partial charge < -0.3 is 9.80 Å². The van der Waals surface area contributed by atoms with Crippen molar-refractivity contribution in [2.75, 3.05) is 9.80 Å². The van der Waals surface area contributed by atoms with Crippen LogP contribution in [0.3, 0.4) is 0 Å². The molecule has 2 nitrogen and oxygen atoms in total. The van der Waals surface area contributed by atoms with Crippen molar-refractivity contribution in [3.05, 3.63) is 353 Å². The molecule has 11 aromatic carbocycles. The molecule has 0 fully saturated rings. The number of hydrogen-bond acceptors (Lipinski definition) is 2. The minimum Gasteiger partial charge on any atom is -0.337 e. The van der Waals surface area contributed by atoms with Crippen LogP contribution >= 0.6 is 0 Å². The van der Waals surface area contributed by atoms with E-state index >= 15 is 0 Å². The highest BCUT2D eigenvalue weighted by atomic mass is 15.2. The second-order valence-electron chi connectivity index (χ2n) is 18.5. The molecule has 0 spiro atoms. The van der Waals surface area contributed by atoms with Crippen LogP contribution in [0.5, 0.6) is 0 Å². The van der Waals surface area contributed by atoms with E-state index in [4.69, 9.17) is 0 Å². The Morgan fingerprint density at radius 1 is 0.306 bits per heavy atom. The van der Waals surface area contributed by atoms with Gasteiger partial charge in [0.25, 0.3) is 0 Å². The van der Waals surface area contributed by atoms with Crippen LogP contribution in [0.2, 0.25) is 0 Å². The zero-order valence-electron chi connectivity index (χ0n) is 40.0. The van der Waals surface area contributed by atoms with Crippen LogP contribution in [0.1, 0.15) is 50.1 Å². The summed E-state index contributed by atoms with van der Waals surface area (Å²) in [6, 6.07) is 111. The molecule has 0 atom stereocenters. The van der Waals surface area contributed by atoms with Crippen molar-refractivity contribution in [1.82, 2.24) is 0 Å². The van der Waals surface area contributed by atoms with Gasteiger partial charge >= 0.3 is 0 Å². The van der Waals surface area contributed by atoms with Crippen LogP contribution < -0.4 is 20.7 Å². The third-order valence-electron chi connectivity index (χ3n) is 14.7. The number of nitrogens with zero attached hydrogens (tertiary/aromatic N) is 2. The lowest BCUT2D eigenvalue weighted by Crippen LogP contribution is -2.43. The molecule has 0 aliphatic carbocycles. The predicted molar refractivity (Wildman–Crippen MR) is 301 cm³/mol. The molecule has 12 rings (SSSR count). The van der Waals surface area contributed by atoms with Crippen molar-refractivity contribution in [3.63, 3.8) is 0 Å². The van der Waals surface area contributed by atoms with Crippen LogP contribution in [0, 0.1) is 0 Å². The summed E-state index contributed by atoms with van der Waals surface area (Å²) in [6.45, 7) is 0.607. The number of rotatable bonds is 13. The zero-order valence-corrected chi connectivity index (χ0v) is 40.0. The van der Waals surface area contributed by atoms with E-state index in [1.54, 1.807) is 0 Å². The van der Waals surface area contributed by atoms with Gasteiger partial charge in [-0.1, -0.05) is 272 Å². The first-order chi connectivity index (χ1) is 35.8. The number of hydrogen-bond donors (Lipinski definition) is 0. The van der Waals surface area contributed by atoms with Gasteiger partial charge in [-0.2, -0.15) is 0 Å². The highest BCUT2D eigenvalue weighted by molar-refractivity contribution is 6.73. The minimum absolute atomic E-state index is 0.607. The van der Waals surface area contributed by atoms with Crippen molar-refractivity contribution in [2.24, 2.45) is 0 Å². The molecule has 1 aliphatic heterocycles. The first kappa shape index (κ1) is 44.3. The normalized spacial score (nSPS) is 12.0. The molecule has 0 unspecified atom stereocenters. The lowest BCUT2D eigenvalue weighted by atomic mass is 9.59. The third kappa shape index (κ3) is 7.62. The van der Waals surface area contributed by atoms with Gasteiger partial charge in [-0.15, -0.1) is 0 Å². The fraction of sp³-hybridized carbons (Fsp3) is 0.0435. The SMILES string of the molecule is [B]1c2ccccc2N(c2ccccc2C(c2ccccc2)(c2ccccc2)c2ccccc2)c2cccc(N(Cc3ccccc3C(c3ccccc3)(c3ccccc3)c3ccccc3)c3ccccc3)c21. The largest absolute Gasteiger partial charge is 0.337 e. The molecule has 1 aliphatic rings. The molecular formula is C69H52BN2. The molecular weight excluding hydrogens is 868 g/mol. The second-order valence-corrected chi connectivity index (χ2v) is 18.5. The molecule has 1 heterocycles. The highest BCUT2D eigenvalue weighted by Crippen LogP contribution is 2.52. The molecule has 0 saturated carbocycles. The van der Waals surface area contributed by atoms with Gasteiger partial charge in [0.2, 0.25) is 0 Å². The fourth-order valence-corrected chi connectivity index (χ4v) is 11.6. The molecule has 3 heteroatoms. The molecule has 0 bridgehead atoms. The Bertz CT molecular complexity index is 3380. The van der Waals surface area contributed by atoms with E-state index < -0.39 is 10.8 Å².